The molecule has 0 aliphatic heterocycles. The van der Waals surface area contributed by atoms with Gasteiger partial charge in [-0.2, -0.15) is 5.26 Å². The lowest BCUT2D eigenvalue weighted by Gasteiger charge is -2.08. The number of nitrogens with two attached hydrogens (primary N) is 1. The van der Waals surface area contributed by atoms with Crippen LogP contribution in [0.3, 0.4) is 0 Å². The molecule has 20 heavy (non-hydrogen) atoms. The average molecular weight is 273 g/mol. The molecule has 0 atom stereocenters. The maximum atomic E-state index is 13.2. The molecule has 0 aliphatic carbocycles. The Balaban J connectivity index is 2.30. The van der Waals surface area contributed by atoms with Gasteiger partial charge in [0.15, 0.2) is 0 Å². The number of hydrogen-bond acceptors (Lipinski definition) is 3. The standard InChI is InChI=1S/C14H9F2N3O/c15-10-1-2-13(9(4-10)7-17)19-14(20)8-3-11(16)6-12(18)5-8/h1-6H,18H2,(H,19,20). The van der Waals surface area contributed by atoms with E-state index in [1.165, 1.54) is 12.1 Å². The van der Waals surface area contributed by atoms with Crippen LogP contribution in [0.2, 0.25) is 0 Å². The maximum Gasteiger partial charge on any atom is 0.255 e. The highest BCUT2D eigenvalue weighted by molar-refractivity contribution is 6.05. The first-order chi connectivity index (χ1) is 9.49. The summed E-state index contributed by atoms with van der Waals surface area (Å²) in [6.45, 7) is 0. The summed E-state index contributed by atoms with van der Waals surface area (Å²) in [7, 11) is 0. The molecule has 0 saturated carbocycles. The topological polar surface area (TPSA) is 78.9 Å². The monoisotopic (exact) mass is 273 g/mol. The molecule has 0 bridgehead atoms. The van der Waals surface area contributed by atoms with Gasteiger partial charge in [0.1, 0.15) is 17.7 Å². The highest BCUT2D eigenvalue weighted by Crippen LogP contribution is 2.18. The van der Waals surface area contributed by atoms with E-state index < -0.39 is 17.5 Å². The lowest BCUT2D eigenvalue weighted by Crippen LogP contribution is -2.13. The molecule has 2 aromatic carbocycles. The van der Waals surface area contributed by atoms with E-state index in [9.17, 15) is 13.6 Å². The first-order valence-corrected chi connectivity index (χ1v) is 5.56. The van der Waals surface area contributed by atoms with E-state index in [2.05, 4.69) is 5.32 Å². The molecule has 4 nitrogen and oxygen atoms in total. The summed E-state index contributed by atoms with van der Waals surface area (Å²) in [5.74, 6) is -1.87. The van der Waals surface area contributed by atoms with E-state index in [0.717, 1.165) is 24.3 Å². The number of nitriles is 1. The van der Waals surface area contributed by atoms with Gasteiger partial charge in [0.2, 0.25) is 0 Å². The van der Waals surface area contributed by atoms with Crippen molar-refractivity contribution in [2.24, 2.45) is 0 Å². The highest BCUT2D eigenvalue weighted by atomic mass is 19.1. The van der Waals surface area contributed by atoms with Crippen molar-refractivity contribution in [1.29, 1.82) is 5.26 Å². The third-order valence-corrected chi connectivity index (χ3v) is 2.53. The van der Waals surface area contributed by atoms with Gasteiger partial charge in [-0.3, -0.25) is 4.79 Å². The number of carbonyl (C=O) groups is 1. The van der Waals surface area contributed by atoms with Crippen molar-refractivity contribution < 1.29 is 13.6 Å². The number of rotatable bonds is 2. The Morgan fingerprint density at radius 1 is 1.15 bits per heavy atom. The Bertz CT molecular complexity index is 703. The lowest BCUT2D eigenvalue weighted by atomic mass is 10.1. The van der Waals surface area contributed by atoms with E-state index in [1.807, 2.05) is 0 Å². The molecule has 0 aromatic heterocycles. The summed E-state index contributed by atoms with van der Waals surface area (Å²) < 4.78 is 26.1. The van der Waals surface area contributed by atoms with Crippen LogP contribution in [0.25, 0.3) is 0 Å². The molecule has 0 aliphatic rings. The summed E-state index contributed by atoms with van der Waals surface area (Å²) in [5.41, 5.74) is 5.68. The Labute approximate surface area is 113 Å². The summed E-state index contributed by atoms with van der Waals surface area (Å²) in [6.07, 6.45) is 0. The number of nitrogens with one attached hydrogen (secondary N) is 1. The fraction of sp³-hybridized carbons (Fsp3) is 0. The second-order valence-corrected chi connectivity index (χ2v) is 4.03. The molecule has 0 heterocycles. The Morgan fingerprint density at radius 2 is 1.90 bits per heavy atom. The van der Waals surface area contributed by atoms with E-state index >= 15 is 0 Å². The van der Waals surface area contributed by atoms with Crippen molar-refractivity contribution in [3.05, 3.63) is 59.2 Å². The normalized spacial score (nSPS) is 9.85. The lowest BCUT2D eigenvalue weighted by molar-refractivity contribution is 0.102. The van der Waals surface area contributed by atoms with Crippen LogP contribution in [0.15, 0.2) is 36.4 Å². The molecule has 2 rings (SSSR count). The van der Waals surface area contributed by atoms with E-state index in [4.69, 9.17) is 11.0 Å². The molecule has 6 heteroatoms. The molecule has 0 fully saturated rings. The van der Waals surface area contributed by atoms with Crippen LogP contribution in [0, 0.1) is 23.0 Å². The fourth-order valence-corrected chi connectivity index (χ4v) is 1.66. The minimum atomic E-state index is -0.644. The predicted octanol–water partition coefficient (Wildman–Crippen LogP) is 2.67. The van der Waals surface area contributed by atoms with Crippen LogP contribution < -0.4 is 11.1 Å². The van der Waals surface area contributed by atoms with Crippen LogP contribution in [-0.4, -0.2) is 5.91 Å². The second-order valence-electron chi connectivity index (χ2n) is 4.03. The Morgan fingerprint density at radius 3 is 2.55 bits per heavy atom. The van der Waals surface area contributed by atoms with Gasteiger partial charge in [0.05, 0.1) is 11.3 Å². The van der Waals surface area contributed by atoms with Crippen LogP contribution in [-0.2, 0) is 0 Å². The summed E-state index contributed by atoms with van der Waals surface area (Å²) in [5, 5.41) is 11.3. The minimum absolute atomic E-state index is 0.00992. The van der Waals surface area contributed by atoms with E-state index in [1.54, 1.807) is 6.07 Å². The second kappa shape index (κ2) is 5.36. The molecule has 100 valence electrons. The molecule has 0 unspecified atom stereocenters. The number of anilines is 2. The van der Waals surface area contributed by atoms with Gasteiger partial charge in [-0.05, 0) is 36.4 Å². The molecule has 3 N–H and O–H groups in total. The largest absolute Gasteiger partial charge is 0.399 e. The first-order valence-electron chi connectivity index (χ1n) is 5.56. The van der Waals surface area contributed by atoms with Gasteiger partial charge >= 0.3 is 0 Å². The first kappa shape index (κ1) is 13.5. The molecule has 1 amide bonds. The van der Waals surface area contributed by atoms with Gasteiger partial charge in [-0.1, -0.05) is 0 Å². The average Bonchev–Trinajstić information content (AvgIpc) is 2.39. The van der Waals surface area contributed by atoms with Gasteiger partial charge in [-0.15, -0.1) is 0 Å². The van der Waals surface area contributed by atoms with Crippen LogP contribution in [0.4, 0.5) is 20.2 Å². The third-order valence-electron chi connectivity index (χ3n) is 2.53. The summed E-state index contributed by atoms with van der Waals surface area (Å²) >= 11 is 0. The molecule has 0 spiro atoms. The van der Waals surface area contributed by atoms with Gasteiger partial charge in [0.25, 0.3) is 5.91 Å². The zero-order chi connectivity index (χ0) is 14.7. The highest BCUT2D eigenvalue weighted by Gasteiger charge is 2.11. The molecular weight excluding hydrogens is 264 g/mol. The number of halogens is 2. The quantitative estimate of drug-likeness (QED) is 0.825. The number of carbonyl (C=O) groups excluding carboxylic acids is 1. The van der Waals surface area contributed by atoms with Crippen molar-refractivity contribution in [2.45, 2.75) is 0 Å². The zero-order valence-corrected chi connectivity index (χ0v) is 10.2. The van der Waals surface area contributed by atoms with Crippen molar-refractivity contribution in [2.75, 3.05) is 11.1 Å². The predicted molar refractivity (Wildman–Crippen MR) is 69.9 cm³/mol. The number of nitrogen functional groups attached to an aromatic ring is 1. The van der Waals surface area contributed by atoms with Crippen molar-refractivity contribution in [1.82, 2.24) is 0 Å². The van der Waals surface area contributed by atoms with Gasteiger partial charge in [-0.25, -0.2) is 8.78 Å². The molecule has 0 saturated heterocycles. The molecule has 0 radical (unpaired) electrons. The smallest absolute Gasteiger partial charge is 0.255 e. The molecular formula is C14H9F2N3O. The third kappa shape index (κ3) is 2.90. The number of nitrogens with zero attached hydrogens (tertiary/aromatic N) is 1. The van der Waals surface area contributed by atoms with Crippen LogP contribution in [0.1, 0.15) is 15.9 Å². The Hall–Kier alpha value is -2.94. The number of benzene rings is 2. The van der Waals surface area contributed by atoms with Crippen molar-refractivity contribution in [3.8, 4) is 6.07 Å². The number of amides is 1. The zero-order valence-electron chi connectivity index (χ0n) is 10.2. The van der Waals surface area contributed by atoms with Gasteiger partial charge in [0, 0.05) is 11.3 Å². The van der Waals surface area contributed by atoms with Crippen LogP contribution in [0.5, 0.6) is 0 Å². The maximum absolute atomic E-state index is 13.2. The van der Waals surface area contributed by atoms with Crippen LogP contribution >= 0.6 is 0 Å². The van der Waals surface area contributed by atoms with Crippen molar-refractivity contribution >= 4 is 17.3 Å². The fourth-order valence-electron chi connectivity index (χ4n) is 1.66. The summed E-state index contributed by atoms with van der Waals surface area (Å²) in [6, 6.07) is 8.52. The molecule has 2 aromatic rings. The SMILES string of the molecule is N#Cc1cc(F)ccc1NC(=O)c1cc(N)cc(F)c1. The Kier molecular flexibility index (Phi) is 3.62. The van der Waals surface area contributed by atoms with E-state index in [0.29, 0.717) is 0 Å². The van der Waals surface area contributed by atoms with Crippen molar-refractivity contribution in [3.63, 3.8) is 0 Å². The van der Waals surface area contributed by atoms with Gasteiger partial charge < -0.3 is 11.1 Å². The van der Waals surface area contributed by atoms with E-state index in [-0.39, 0.29) is 22.5 Å². The minimum Gasteiger partial charge on any atom is -0.399 e. The summed E-state index contributed by atoms with van der Waals surface area (Å²) in [4.78, 5) is 11.9. The number of hydrogen-bond donors (Lipinski definition) is 2.